The molecule has 0 radical (unpaired) electrons. The van der Waals surface area contributed by atoms with Gasteiger partial charge in [0.1, 0.15) is 22.8 Å². The van der Waals surface area contributed by atoms with E-state index in [1.165, 1.54) is 0 Å². The first-order valence-electron chi connectivity index (χ1n) is 8.48. The number of nitrogens with one attached hydrogen (secondary N) is 1. The maximum atomic E-state index is 13.2. The Labute approximate surface area is 151 Å². The van der Waals surface area contributed by atoms with Crippen LogP contribution in [0.2, 0.25) is 0 Å². The van der Waals surface area contributed by atoms with Crippen molar-refractivity contribution in [3.63, 3.8) is 0 Å². The summed E-state index contributed by atoms with van der Waals surface area (Å²) < 4.78 is 5.69. The molecule has 2 heterocycles. The predicted octanol–water partition coefficient (Wildman–Crippen LogP) is 2.55. The molecule has 1 aliphatic carbocycles. The molecule has 1 spiro atoms. The molecule has 1 atom stereocenters. The van der Waals surface area contributed by atoms with Crippen molar-refractivity contribution < 1.29 is 14.3 Å². The van der Waals surface area contributed by atoms with E-state index >= 15 is 0 Å². The Balaban J connectivity index is 2.10. The smallest absolute Gasteiger partial charge is 0.245 e. The summed E-state index contributed by atoms with van der Waals surface area (Å²) in [5.41, 5.74) is 6.56. The number of amides is 1. The lowest BCUT2D eigenvalue weighted by Gasteiger charge is -2.41. The zero-order valence-corrected chi connectivity index (χ0v) is 14.9. The molecule has 2 aliphatic heterocycles. The van der Waals surface area contributed by atoms with E-state index in [2.05, 4.69) is 5.32 Å². The number of benzene rings is 1. The van der Waals surface area contributed by atoms with E-state index in [-0.39, 0.29) is 34.6 Å². The number of fused-ring (bicyclic) bond motifs is 3. The topological polar surface area (TPSA) is 105 Å². The fraction of sp³-hybridized carbons (Fsp3) is 0.350. The number of Topliss-reactive ketones (excluding diaryl/α,β-unsaturated/α-hetero) is 1. The van der Waals surface area contributed by atoms with Crippen LogP contribution in [0, 0.1) is 23.7 Å². The minimum atomic E-state index is -1.53. The third-order valence-electron chi connectivity index (χ3n) is 5.35. The second-order valence-corrected chi connectivity index (χ2v) is 7.95. The molecule has 3 N–H and O–H groups in total. The Hall–Kier alpha value is -3.07. The van der Waals surface area contributed by atoms with Crippen LogP contribution < -0.4 is 11.1 Å². The maximum Gasteiger partial charge on any atom is 0.245 e. The zero-order chi connectivity index (χ0) is 18.9. The Morgan fingerprint density at radius 3 is 2.69 bits per heavy atom. The molecule has 6 nitrogen and oxygen atoms in total. The van der Waals surface area contributed by atoms with Gasteiger partial charge in [-0.15, -0.1) is 0 Å². The highest BCUT2D eigenvalue weighted by atomic mass is 16.5. The monoisotopic (exact) mass is 349 g/mol. The number of hydrogen-bond acceptors (Lipinski definition) is 5. The summed E-state index contributed by atoms with van der Waals surface area (Å²) in [6.45, 7) is 5.84. The number of nitriles is 1. The number of allylic oxidation sites excluding steroid dienone is 1. The average Bonchev–Trinajstić information content (AvgIpc) is 2.79. The number of carbonyl (C=O) groups excluding carboxylic acids is 2. The van der Waals surface area contributed by atoms with Gasteiger partial charge in [-0.2, -0.15) is 5.26 Å². The predicted molar refractivity (Wildman–Crippen MR) is 94.4 cm³/mol. The third kappa shape index (κ3) is 1.91. The van der Waals surface area contributed by atoms with Crippen LogP contribution in [0.3, 0.4) is 0 Å². The number of carbonyl (C=O) groups is 2. The van der Waals surface area contributed by atoms with Gasteiger partial charge in [-0.25, -0.2) is 0 Å². The number of anilines is 1. The van der Waals surface area contributed by atoms with Crippen molar-refractivity contribution in [3.05, 3.63) is 52.1 Å². The molecular weight excluding hydrogens is 330 g/mol. The van der Waals surface area contributed by atoms with Crippen LogP contribution in [-0.4, -0.2) is 11.7 Å². The summed E-state index contributed by atoms with van der Waals surface area (Å²) in [4.78, 5) is 26.3. The van der Waals surface area contributed by atoms with Gasteiger partial charge < -0.3 is 15.8 Å². The summed E-state index contributed by atoms with van der Waals surface area (Å²) >= 11 is 0. The maximum absolute atomic E-state index is 13.2. The molecule has 0 aromatic heterocycles. The molecule has 6 heteroatoms. The number of ketones is 1. The van der Waals surface area contributed by atoms with Gasteiger partial charge in [0.25, 0.3) is 0 Å². The van der Waals surface area contributed by atoms with Gasteiger partial charge in [0, 0.05) is 24.1 Å². The molecule has 1 amide bonds. The van der Waals surface area contributed by atoms with Crippen molar-refractivity contribution in [2.75, 3.05) is 5.32 Å². The second kappa shape index (κ2) is 4.98. The summed E-state index contributed by atoms with van der Waals surface area (Å²) in [6.07, 6.45) is 0.758. The first kappa shape index (κ1) is 16.4. The highest BCUT2D eigenvalue weighted by Gasteiger charge is 2.60. The second-order valence-electron chi connectivity index (χ2n) is 7.95. The van der Waals surface area contributed by atoms with Crippen molar-refractivity contribution in [3.8, 4) is 6.07 Å². The van der Waals surface area contributed by atoms with Crippen molar-refractivity contribution >= 4 is 17.4 Å². The molecule has 0 fully saturated rings. The molecule has 0 unspecified atom stereocenters. The van der Waals surface area contributed by atoms with Gasteiger partial charge in [-0.1, -0.05) is 31.5 Å². The molecule has 0 bridgehead atoms. The van der Waals surface area contributed by atoms with Gasteiger partial charge in [-0.05, 0) is 18.4 Å². The lowest BCUT2D eigenvalue weighted by molar-refractivity contribution is -0.124. The van der Waals surface area contributed by atoms with Crippen molar-refractivity contribution in [2.24, 2.45) is 11.1 Å². The first-order chi connectivity index (χ1) is 12.2. The minimum absolute atomic E-state index is 0.0221. The van der Waals surface area contributed by atoms with E-state index in [9.17, 15) is 14.9 Å². The Kier molecular flexibility index (Phi) is 3.14. The van der Waals surface area contributed by atoms with E-state index in [0.717, 1.165) is 5.56 Å². The van der Waals surface area contributed by atoms with Crippen molar-refractivity contribution in [2.45, 2.75) is 39.0 Å². The first-order valence-corrected chi connectivity index (χ1v) is 8.48. The van der Waals surface area contributed by atoms with Crippen LogP contribution in [0.4, 0.5) is 5.69 Å². The normalized spacial score (nSPS) is 26.2. The Morgan fingerprint density at radius 1 is 1.27 bits per heavy atom. The molecule has 4 rings (SSSR count). The van der Waals surface area contributed by atoms with Gasteiger partial charge in [0.05, 0.1) is 5.57 Å². The van der Waals surface area contributed by atoms with Crippen LogP contribution in [0.1, 0.15) is 37.8 Å². The summed E-state index contributed by atoms with van der Waals surface area (Å²) in [5.74, 6) is -0.323. The summed E-state index contributed by atoms with van der Waals surface area (Å²) in [7, 11) is 0. The number of aryl methyl sites for hydroxylation is 1. The molecule has 26 heavy (non-hydrogen) atoms. The van der Waals surface area contributed by atoms with Crippen LogP contribution in [0.25, 0.3) is 0 Å². The third-order valence-corrected chi connectivity index (χ3v) is 5.35. The van der Waals surface area contributed by atoms with Gasteiger partial charge >= 0.3 is 0 Å². The molecule has 1 aromatic carbocycles. The molecule has 0 saturated heterocycles. The number of rotatable bonds is 0. The molecule has 3 aliphatic rings. The fourth-order valence-corrected chi connectivity index (χ4v) is 4.31. The quantitative estimate of drug-likeness (QED) is 0.749. The van der Waals surface area contributed by atoms with E-state index in [0.29, 0.717) is 23.4 Å². The fourth-order valence-electron chi connectivity index (χ4n) is 4.31. The largest absolute Gasteiger partial charge is 0.444 e. The van der Waals surface area contributed by atoms with Crippen LogP contribution in [-0.2, 0) is 19.7 Å². The molecule has 0 saturated carbocycles. The number of nitrogens with zero attached hydrogens (tertiary/aromatic N) is 1. The van der Waals surface area contributed by atoms with Gasteiger partial charge in [-0.3, -0.25) is 9.59 Å². The van der Waals surface area contributed by atoms with E-state index in [1.807, 2.05) is 39.0 Å². The van der Waals surface area contributed by atoms with Crippen molar-refractivity contribution in [1.82, 2.24) is 0 Å². The van der Waals surface area contributed by atoms with Crippen LogP contribution >= 0.6 is 0 Å². The molecular formula is C20H19N3O3. The Bertz CT molecular complexity index is 994. The number of ether oxygens (including phenoxy) is 1. The standard InChI is InChI=1S/C20H19N3O3/c1-10-4-5-13-11(6-10)20(18(25)23-13)12(9-21)17(22)26-15-8-19(2,3)7-14(24)16(15)20/h4-6H,7-8,22H2,1-3H3,(H,23,25)/t20-/m1/s1. The van der Waals surface area contributed by atoms with E-state index in [1.54, 1.807) is 6.07 Å². The number of nitrogens with two attached hydrogens (primary N) is 1. The highest BCUT2D eigenvalue weighted by Crippen LogP contribution is 2.55. The summed E-state index contributed by atoms with van der Waals surface area (Å²) in [6, 6.07) is 7.53. The van der Waals surface area contributed by atoms with E-state index < -0.39 is 11.3 Å². The highest BCUT2D eigenvalue weighted by molar-refractivity contribution is 6.19. The summed E-state index contributed by atoms with van der Waals surface area (Å²) in [5, 5.41) is 12.6. The number of hydrogen-bond donors (Lipinski definition) is 2. The molecule has 1 aromatic rings. The average molecular weight is 349 g/mol. The lowest BCUT2D eigenvalue weighted by atomic mass is 9.62. The van der Waals surface area contributed by atoms with Crippen LogP contribution in [0.5, 0.6) is 0 Å². The van der Waals surface area contributed by atoms with Crippen LogP contribution in [0.15, 0.2) is 41.0 Å². The van der Waals surface area contributed by atoms with E-state index in [4.69, 9.17) is 10.5 Å². The zero-order valence-electron chi connectivity index (χ0n) is 14.9. The molecule has 132 valence electrons. The van der Waals surface area contributed by atoms with Crippen molar-refractivity contribution in [1.29, 1.82) is 5.26 Å². The minimum Gasteiger partial charge on any atom is -0.444 e. The van der Waals surface area contributed by atoms with Gasteiger partial charge in [0.2, 0.25) is 11.8 Å². The Morgan fingerprint density at radius 2 is 2.00 bits per heavy atom. The SMILES string of the molecule is Cc1ccc2c(c1)[C@@]1(C(=O)N2)C(C#N)=C(N)OC2=C1C(=O)CC(C)(C)C2. The lowest BCUT2D eigenvalue weighted by Crippen LogP contribution is -2.48. The van der Waals surface area contributed by atoms with Gasteiger partial charge in [0.15, 0.2) is 5.78 Å².